The number of hydrogen-bond donors (Lipinski definition) is 0. The van der Waals surface area contributed by atoms with Gasteiger partial charge in [-0.3, -0.25) is 9.80 Å². The maximum atomic E-state index is 7.24. The van der Waals surface area contributed by atoms with Crippen molar-refractivity contribution in [2.45, 2.75) is 44.7 Å². The molecule has 0 radical (unpaired) electrons. The third-order valence-corrected chi connectivity index (χ3v) is 11.3. The van der Waals surface area contributed by atoms with Crippen LogP contribution in [0.4, 0.5) is 0 Å². The predicted octanol–water partition coefficient (Wildman–Crippen LogP) is 9.14. The molecule has 0 aromatic heterocycles. The average molecular weight is 713 g/mol. The highest BCUT2D eigenvalue weighted by Gasteiger charge is 2.37. The Labute approximate surface area is 312 Å². The minimum absolute atomic E-state index is 0.0697. The van der Waals surface area contributed by atoms with Gasteiger partial charge in [0.05, 0.1) is 28.4 Å². The lowest BCUT2D eigenvalue weighted by Crippen LogP contribution is -2.34. The molecule has 5 aromatic carbocycles. The predicted molar refractivity (Wildman–Crippen MR) is 208 cm³/mol. The number of likely N-dealkylation sites (N-methyl/N-ethyl adjacent to an activating group) is 2. The van der Waals surface area contributed by atoms with Gasteiger partial charge in [0.2, 0.25) is 5.75 Å². The van der Waals surface area contributed by atoms with Crippen molar-refractivity contribution in [3.8, 4) is 57.1 Å². The van der Waals surface area contributed by atoms with E-state index in [2.05, 4.69) is 104 Å². The molecule has 4 heterocycles. The zero-order chi connectivity index (χ0) is 36.8. The molecule has 8 nitrogen and oxygen atoms in total. The van der Waals surface area contributed by atoms with Crippen LogP contribution in [0, 0.1) is 6.92 Å². The number of nitrogens with zero attached hydrogens (tertiary/aromatic N) is 2. The Bertz CT molecular complexity index is 2150. The molecule has 0 unspecified atom stereocenters. The summed E-state index contributed by atoms with van der Waals surface area (Å²) in [5.41, 5.74) is 10.4. The summed E-state index contributed by atoms with van der Waals surface area (Å²) in [6.07, 6.45) is 3.26. The van der Waals surface area contributed by atoms with Crippen molar-refractivity contribution in [1.29, 1.82) is 0 Å². The molecular weight excluding hydrogens is 665 g/mol. The zero-order valence-corrected chi connectivity index (χ0v) is 31.7. The Morgan fingerprint density at radius 3 is 2.00 bits per heavy atom. The van der Waals surface area contributed by atoms with Crippen molar-refractivity contribution >= 4 is 0 Å². The molecule has 2 atom stereocenters. The molecule has 274 valence electrons. The molecule has 0 fully saturated rings. The topological polar surface area (TPSA) is 61.9 Å². The van der Waals surface area contributed by atoms with Crippen LogP contribution in [0.2, 0.25) is 0 Å². The van der Waals surface area contributed by atoms with E-state index in [9.17, 15) is 0 Å². The first-order valence-electron chi connectivity index (χ1n) is 18.4. The van der Waals surface area contributed by atoms with Crippen molar-refractivity contribution in [3.63, 3.8) is 0 Å². The summed E-state index contributed by atoms with van der Waals surface area (Å²) in [6.45, 7) is 3.91. The second-order valence-electron chi connectivity index (χ2n) is 14.5. The van der Waals surface area contributed by atoms with Crippen LogP contribution in [0.5, 0.6) is 46.0 Å². The van der Waals surface area contributed by atoms with E-state index in [4.69, 9.17) is 28.4 Å². The molecule has 0 saturated carbocycles. The number of fused-ring (bicyclic) bond motifs is 2. The smallest absolute Gasteiger partial charge is 0.204 e. The molecule has 0 spiro atoms. The fourth-order valence-corrected chi connectivity index (χ4v) is 8.43. The van der Waals surface area contributed by atoms with Crippen LogP contribution in [0.15, 0.2) is 78.9 Å². The summed E-state index contributed by atoms with van der Waals surface area (Å²) >= 11 is 0. The van der Waals surface area contributed by atoms with Crippen LogP contribution < -0.4 is 28.4 Å². The second-order valence-corrected chi connectivity index (χ2v) is 14.5. The summed E-state index contributed by atoms with van der Waals surface area (Å²) < 4.78 is 38.3. The molecule has 8 heteroatoms. The largest absolute Gasteiger partial charge is 0.493 e. The fraction of sp³-hybridized carbons (Fsp3) is 0.333. The highest BCUT2D eigenvalue weighted by atomic mass is 16.5. The lowest BCUT2D eigenvalue weighted by molar-refractivity contribution is 0.220. The first-order chi connectivity index (χ1) is 25.8. The van der Waals surface area contributed by atoms with Crippen molar-refractivity contribution in [3.05, 3.63) is 118 Å². The Balaban J connectivity index is 1.41. The van der Waals surface area contributed by atoms with Crippen LogP contribution >= 0.6 is 0 Å². The maximum Gasteiger partial charge on any atom is 0.204 e. The summed E-state index contributed by atoms with van der Waals surface area (Å²) in [6, 6.07) is 27.7. The van der Waals surface area contributed by atoms with Crippen LogP contribution in [0.1, 0.15) is 51.0 Å². The Morgan fingerprint density at radius 1 is 0.623 bits per heavy atom. The Kier molecular flexibility index (Phi) is 9.43. The normalized spacial score (nSPS) is 18.2. The van der Waals surface area contributed by atoms with Gasteiger partial charge in [0.25, 0.3) is 0 Å². The molecule has 0 amide bonds. The van der Waals surface area contributed by atoms with E-state index in [0.29, 0.717) is 46.7 Å². The summed E-state index contributed by atoms with van der Waals surface area (Å²) in [5.74, 6) is 5.34. The van der Waals surface area contributed by atoms with Crippen molar-refractivity contribution < 1.29 is 28.4 Å². The van der Waals surface area contributed by atoms with Gasteiger partial charge in [-0.25, -0.2) is 0 Å². The van der Waals surface area contributed by atoms with Gasteiger partial charge >= 0.3 is 0 Å². The molecule has 6 bridgehead atoms. The summed E-state index contributed by atoms with van der Waals surface area (Å²) in [7, 11) is 11.2. The molecule has 0 aliphatic carbocycles. The lowest BCUT2D eigenvalue weighted by Gasteiger charge is -2.38. The SMILES string of the molecule is COc1ccc2cc1Oc1ccc(cc1)C[C@H]1c3cc(c(OC)cc3CCN1C)Oc1c(OC)c(OC)c(-c3ccc(C)cc3)c3c1[C@H](C2)N(C)CC3. The Hall–Kier alpha value is -5.18. The first-order valence-corrected chi connectivity index (χ1v) is 18.4. The fourth-order valence-electron chi connectivity index (χ4n) is 8.43. The molecule has 0 N–H and O–H groups in total. The van der Waals surface area contributed by atoms with Gasteiger partial charge in [-0.05, 0) is 116 Å². The number of benzene rings is 5. The van der Waals surface area contributed by atoms with E-state index >= 15 is 0 Å². The first kappa shape index (κ1) is 34.9. The van der Waals surface area contributed by atoms with Gasteiger partial charge < -0.3 is 28.4 Å². The molecule has 53 heavy (non-hydrogen) atoms. The quantitative estimate of drug-likeness (QED) is 0.179. The Morgan fingerprint density at radius 2 is 1.28 bits per heavy atom. The minimum atomic E-state index is -0.0697. The lowest BCUT2D eigenvalue weighted by atomic mass is 9.82. The van der Waals surface area contributed by atoms with Crippen LogP contribution in [0.25, 0.3) is 11.1 Å². The van der Waals surface area contributed by atoms with Crippen molar-refractivity contribution in [2.75, 3.05) is 55.6 Å². The number of aryl methyl sites for hydroxylation is 1. The van der Waals surface area contributed by atoms with E-state index in [1.165, 1.54) is 27.8 Å². The van der Waals surface area contributed by atoms with Crippen LogP contribution in [0.3, 0.4) is 0 Å². The standard InChI is InChI=1S/C45H48N2O6/c1-27-8-13-30(14-9-27)41-33-19-21-47(3)36-23-29-12-17-37(48-4)39(24-29)52-32-15-10-28(11-16-32)22-35-34-26-40(38(49-5)25-31(34)18-20-46(35)2)53-44(42(33)36)45(51-7)43(41)50-6/h8-17,24-26,35-36H,18-23H2,1-7H3/t35-,36-/m0/s1. The average Bonchev–Trinajstić information content (AvgIpc) is 3.17. The third-order valence-electron chi connectivity index (χ3n) is 11.3. The van der Waals surface area contributed by atoms with Gasteiger partial charge in [-0.2, -0.15) is 0 Å². The maximum absolute atomic E-state index is 7.24. The van der Waals surface area contributed by atoms with E-state index in [-0.39, 0.29) is 12.1 Å². The molecule has 4 aliphatic rings. The monoisotopic (exact) mass is 712 g/mol. The highest BCUT2D eigenvalue weighted by molar-refractivity contribution is 5.83. The number of ether oxygens (including phenoxy) is 6. The van der Waals surface area contributed by atoms with Gasteiger partial charge in [0, 0.05) is 36.3 Å². The molecule has 9 rings (SSSR count). The van der Waals surface area contributed by atoms with E-state index < -0.39 is 0 Å². The van der Waals surface area contributed by atoms with Gasteiger partial charge in [0.1, 0.15) is 5.75 Å². The van der Waals surface area contributed by atoms with E-state index in [1.54, 1.807) is 28.4 Å². The highest BCUT2D eigenvalue weighted by Crippen LogP contribution is 2.56. The van der Waals surface area contributed by atoms with Crippen molar-refractivity contribution in [1.82, 2.24) is 9.80 Å². The number of rotatable bonds is 5. The number of hydrogen-bond acceptors (Lipinski definition) is 8. The van der Waals surface area contributed by atoms with Crippen LogP contribution in [-0.4, -0.2) is 65.4 Å². The molecular formula is C45H48N2O6. The minimum Gasteiger partial charge on any atom is -0.493 e. The number of methoxy groups -OCH3 is 4. The van der Waals surface area contributed by atoms with Gasteiger partial charge in [-0.15, -0.1) is 0 Å². The third kappa shape index (κ3) is 6.34. The summed E-state index contributed by atoms with van der Waals surface area (Å²) in [4.78, 5) is 4.85. The van der Waals surface area contributed by atoms with Crippen molar-refractivity contribution in [2.24, 2.45) is 0 Å². The van der Waals surface area contributed by atoms with E-state index in [1.807, 2.05) is 6.07 Å². The molecule has 0 saturated heterocycles. The molecule has 4 aliphatic heterocycles. The van der Waals surface area contributed by atoms with Crippen LogP contribution in [-0.2, 0) is 25.7 Å². The summed E-state index contributed by atoms with van der Waals surface area (Å²) in [5, 5.41) is 0. The second kappa shape index (κ2) is 14.3. The molecule has 5 aromatic rings. The van der Waals surface area contributed by atoms with Gasteiger partial charge in [0.15, 0.2) is 34.5 Å². The van der Waals surface area contributed by atoms with E-state index in [0.717, 1.165) is 60.4 Å². The van der Waals surface area contributed by atoms with Gasteiger partial charge in [-0.1, -0.05) is 48.0 Å². The zero-order valence-electron chi connectivity index (χ0n) is 31.7.